The van der Waals surface area contributed by atoms with Gasteiger partial charge in [-0.25, -0.2) is 4.98 Å². The third-order valence-corrected chi connectivity index (χ3v) is 7.15. The van der Waals surface area contributed by atoms with Crippen molar-refractivity contribution in [3.63, 3.8) is 0 Å². The Labute approximate surface area is 246 Å². The zero-order valence-electron chi connectivity index (χ0n) is 23.6. The molecule has 4 rings (SSSR count). The van der Waals surface area contributed by atoms with E-state index >= 15 is 0 Å². The molecule has 0 N–H and O–H groups in total. The number of carbonyl (C=O) groups excluding carboxylic acids is 2. The number of carbonyl (C=O) groups is 2. The smallest absolute Gasteiger partial charge is 0.416 e. The first-order chi connectivity index (χ1) is 19.9. The molecule has 8 nitrogen and oxygen atoms in total. The minimum Gasteiger partial charge on any atom is -0.492 e. The van der Waals surface area contributed by atoms with Gasteiger partial charge in [0.1, 0.15) is 29.8 Å². The van der Waals surface area contributed by atoms with E-state index in [1.54, 1.807) is 38.1 Å². The number of benzene rings is 2. The summed E-state index contributed by atoms with van der Waals surface area (Å²) in [5.74, 6) is 1.72. The van der Waals surface area contributed by atoms with Crippen LogP contribution in [0.15, 0.2) is 47.8 Å². The highest BCUT2D eigenvalue weighted by molar-refractivity contribution is 7.10. The third kappa shape index (κ3) is 7.21. The molecule has 2 heterocycles. The lowest BCUT2D eigenvalue weighted by Gasteiger charge is -2.29. The molecule has 1 aliphatic rings. The van der Waals surface area contributed by atoms with E-state index in [0.717, 1.165) is 34.9 Å². The number of hydrogen-bond acceptors (Lipinski definition) is 7. The molecule has 222 valence electrons. The second-order valence-corrected chi connectivity index (χ2v) is 11.0. The van der Waals surface area contributed by atoms with E-state index in [2.05, 4.69) is 10.9 Å². The predicted molar refractivity (Wildman–Crippen MR) is 155 cm³/mol. The summed E-state index contributed by atoms with van der Waals surface area (Å²) in [6.45, 7) is 4.83. The van der Waals surface area contributed by atoms with Crippen molar-refractivity contribution in [3.05, 3.63) is 64.1 Å². The van der Waals surface area contributed by atoms with Crippen molar-refractivity contribution in [1.82, 2.24) is 9.88 Å². The Balaban J connectivity index is 1.70. The van der Waals surface area contributed by atoms with Crippen molar-refractivity contribution < 1.29 is 32.2 Å². The Kier molecular flexibility index (Phi) is 9.43. The molecule has 0 bridgehead atoms. The number of aromatic nitrogens is 1. The Morgan fingerprint density at radius 2 is 1.90 bits per heavy atom. The van der Waals surface area contributed by atoms with Gasteiger partial charge in [-0.3, -0.25) is 14.5 Å². The molecule has 0 saturated carbocycles. The van der Waals surface area contributed by atoms with Gasteiger partial charge < -0.3 is 19.3 Å². The van der Waals surface area contributed by atoms with Crippen molar-refractivity contribution in [2.45, 2.75) is 38.6 Å². The lowest BCUT2D eigenvalue weighted by molar-refractivity contribution is -0.137. The van der Waals surface area contributed by atoms with Gasteiger partial charge in [-0.2, -0.15) is 13.2 Å². The number of terminal acetylenes is 1. The van der Waals surface area contributed by atoms with Gasteiger partial charge in [-0.15, -0.1) is 17.8 Å². The highest BCUT2D eigenvalue weighted by atomic mass is 32.1. The fourth-order valence-electron chi connectivity index (χ4n) is 4.46. The Hall–Kier alpha value is -4.08. The maximum Gasteiger partial charge on any atom is 0.416 e. The van der Waals surface area contributed by atoms with E-state index in [9.17, 15) is 22.8 Å². The Morgan fingerprint density at radius 3 is 2.50 bits per heavy atom. The second kappa shape index (κ2) is 12.8. The molecule has 0 aliphatic carbocycles. The number of thiazole rings is 1. The van der Waals surface area contributed by atoms with Gasteiger partial charge in [0.2, 0.25) is 5.91 Å². The first-order valence-electron chi connectivity index (χ1n) is 13.2. The first-order valence-corrected chi connectivity index (χ1v) is 14.1. The van der Waals surface area contributed by atoms with E-state index in [1.165, 1.54) is 16.3 Å². The SMILES string of the molecule is C#Cc1nc(C(=O)N(c2cc(OC(C)C)cc(C(F)(F)F)c2)C2CCN(c3ccc(OCCN(C)C)cc3)C2=O)cs1. The summed E-state index contributed by atoms with van der Waals surface area (Å²) < 4.78 is 53.1. The summed E-state index contributed by atoms with van der Waals surface area (Å²) in [6.07, 6.45) is 0.444. The van der Waals surface area contributed by atoms with Crippen LogP contribution in [0.25, 0.3) is 0 Å². The quantitative estimate of drug-likeness (QED) is 0.293. The normalized spacial score (nSPS) is 15.3. The summed E-state index contributed by atoms with van der Waals surface area (Å²) >= 11 is 1.05. The van der Waals surface area contributed by atoms with Crippen LogP contribution in [0.1, 0.15) is 41.3 Å². The van der Waals surface area contributed by atoms with Gasteiger partial charge >= 0.3 is 6.18 Å². The van der Waals surface area contributed by atoms with E-state index in [-0.39, 0.29) is 35.1 Å². The summed E-state index contributed by atoms with van der Waals surface area (Å²) in [4.78, 5) is 36.3. The highest BCUT2D eigenvalue weighted by Gasteiger charge is 2.42. The highest BCUT2D eigenvalue weighted by Crippen LogP contribution is 2.38. The van der Waals surface area contributed by atoms with Gasteiger partial charge in [-0.05, 0) is 76.7 Å². The van der Waals surface area contributed by atoms with Gasteiger partial charge in [0.15, 0.2) is 5.01 Å². The number of likely N-dealkylation sites (N-methyl/N-ethyl adjacent to an activating group) is 1. The van der Waals surface area contributed by atoms with Crippen LogP contribution in [0, 0.1) is 12.3 Å². The predicted octanol–water partition coefficient (Wildman–Crippen LogP) is 5.32. The van der Waals surface area contributed by atoms with Gasteiger partial charge in [0, 0.05) is 35.9 Å². The van der Waals surface area contributed by atoms with Crippen LogP contribution in [0.5, 0.6) is 11.5 Å². The van der Waals surface area contributed by atoms with Crippen LogP contribution in [0.2, 0.25) is 0 Å². The van der Waals surface area contributed by atoms with Gasteiger partial charge in [0.05, 0.1) is 11.7 Å². The zero-order valence-corrected chi connectivity index (χ0v) is 24.5. The number of alkyl halides is 3. The van der Waals surface area contributed by atoms with E-state index in [0.29, 0.717) is 18.0 Å². The molecular formula is C30H31F3N4O4S. The van der Waals surface area contributed by atoms with Gasteiger partial charge in [0.25, 0.3) is 5.91 Å². The molecule has 2 aromatic carbocycles. The number of hydrogen-bond donors (Lipinski definition) is 0. The maximum absolute atomic E-state index is 13.9. The molecule has 1 unspecified atom stereocenters. The van der Waals surface area contributed by atoms with Crippen molar-refractivity contribution in [2.75, 3.05) is 43.6 Å². The van der Waals surface area contributed by atoms with Crippen LogP contribution in [-0.2, 0) is 11.0 Å². The summed E-state index contributed by atoms with van der Waals surface area (Å²) in [5, 5.41) is 1.66. The van der Waals surface area contributed by atoms with Crippen molar-refractivity contribution in [3.8, 4) is 23.8 Å². The lowest BCUT2D eigenvalue weighted by atomic mass is 10.1. The zero-order chi connectivity index (χ0) is 30.6. The second-order valence-electron chi connectivity index (χ2n) is 10.2. The molecule has 0 radical (unpaired) electrons. The lowest BCUT2D eigenvalue weighted by Crippen LogP contribution is -2.46. The molecule has 1 aliphatic heterocycles. The van der Waals surface area contributed by atoms with E-state index in [1.807, 2.05) is 19.0 Å². The minimum absolute atomic E-state index is 0.0674. The van der Waals surface area contributed by atoms with Crippen molar-refractivity contribution in [2.24, 2.45) is 0 Å². The topological polar surface area (TPSA) is 75.2 Å². The summed E-state index contributed by atoms with van der Waals surface area (Å²) in [6, 6.07) is 8.90. The minimum atomic E-state index is -4.72. The number of amides is 2. The van der Waals surface area contributed by atoms with Crippen LogP contribution in [0.3, 0.4) is 0 Å². The van der Waals surface area contributed by atoms with E-state index in [4.69, 9.17) is 15.9 Å². The van der Waals surface area contributed by atoms with Crippen LogP contribution >= 0.6 is 11.3 Å². The molecule has 42 heavy (non-hydrogen) atoms. The van der Waals surface area contributed by atoms with Crippen LogP contribution < -0.4 is 19.3 Å². The summed E-state index contributed by atoms with van der Waals surface area (Å²) in [7, 11) is 3.88. The number of anilines is 2. The number of rotatable bonds is 10. The summed E-state index contributed by atoms with van der Waals surface area (Å²) in [5.41, 5.74) is -0.637. The van der Waals surface area contributed by atoms with Crippen LogP contribution in [-0.4, -0.2) is 67.6 Å². The van der Waals surface area contributed by atoms with E-state index < -0.39 is 35.7 Å². The molecule has 12 heteroatoms. The first kappa shape index (κ1) is 30.9. The van der Waals surface area contributed by atoms with Crippen molar-refractivity contribution in [1.29, 1.82) is 0 Å². The molecule has 1 atom stereocenters. The molecule has 1 aromatic heterocycles. The molecule has 1 saturated heterocycles. The molecule has 2 amide bonds. The third-order valence-electron chi connectivity index (χ3n) is 6.38. The number of nitrogens with zero attached hydrogens (tertiary/aromatic N) is 4. The fourth-order valence-corrected chi connectivity index (χ4v) is 5.05. The number of ether oxygens (including phenoxy) is 2. The largest absolute Gasteiger partial charge is 0.492 e. The molecule has 1 fully saturated rings. The standard InChI is InChI=1S/C30H31F3N4O4S/c1-6-27-34-25(18-42-27)28(38)37(22-15-20(30(31,32)33)16-24(17-22)41-19(2)3)26-11-12-36(29(26)39)21-7-9-23(10-8-21)40-14-13-35(4)5/h1,7-10,15-19,26H,11-14H2,2-5H3. The van der Waals surface area contributed by atoms with Crippen molar-refractivity contribution >= 4 is 34.5 Å². The van der Waals surface area contributed by atoms with Gasteiger partial charge in [-0.1, -0.05) is 0 Å². The molecule has 3 aromatic rings. The fraction of sp³-hybridized carbons (Fsp3) is 0.367. The number of halogens is 3. The average Bonchev–Trinajstić information content (AvgIpc) is 3.55. The Morgan fingerprint density at radius 1 is 1.19 bits per heavy atom. The molecule has 0 spiro atoms. The molecular weight excluding hydrogens is 569 g/mol. The monoisotopic (exact) mass is 600 g/mol. The average molecular weight is 601 g/mol. The maximum atomic E-state index is 13.9. The van der Waals surface area contributed by atoms with Crippen LogP contribution in [0.4, 0.5) is 24.5 Å². The Bertz CT molecular complexity index is 1460.